The van der Waals surface area contributed by atoms with E-state index >= 15 is 0 Å². The van der Waals surface area contributed by atoms with Gasteiger partial charge in [0.25, 0.3) is 0 Å². The number of imidazole rings is 1. The number of nitrogens with zero attached hydrogens (tertiary/aromatic N) is 2. The number of hydrogen-bond acceptors (Lipinski definition) is 3. The standard InChI is InChI=1S/C23H27N3O2/c1-16(2)26-20-7-5-4-6-19(20)25-22(26)14-15-24-23(28)13-12-21(27)18-10-8-17(3)9-11-18/h4-11,16H,12-15H2,1-3H3,(H,24,28). The molecule has 0 saturated carbocycles. The zero-order valence-corrected chi connectivity index (χ0v) is 16.7. The van der Waals surface area contributed by atoms with Gasteiger partial charge >= 0.3 is 0 Å². The first kappa shape index (κ1) is 19.8. The van der Waals surface area contributed by atoms with Gasteiger partial charge in [0.05, 0.1) is 11.0 Å². The Morgan fingerprint density at radius 1 is 1.04 bits per heavy atom. The number of nitrogens with one attached hydrogen (secondary N) is 1. The first-order chi connectivity index (χ1) is 13.5. The van der Waals surface area contributed by atoms with Crippen molar-refractivity contribution < 1.29 is 9.59 Å². The molecule has 28 heavy (non-hydrogen) atoms. The molecule has 0 unspecified atom stereocenters. The van der Waals surface area contributed by atoms with Crippen LogP contribution in [0.1, 0.15) is 54.5 Å². The summed E-state index contributed by atoms with van der Waals surface area (Å²) in [6.07, 6.45) is 1.08. The van der Waals surface area contributed by atoms with Crippen LogP contribution >= 0.6 is 0 Å². The average Bonchev–Trinajstić information content (AvgIpc) is 3.05. The van der Waals surface area contributed by atoms with Gasteiger partial charge < -0.3 is 9.88 Å². The number of aryl methyl sites for hydroxylation is 1. The summed E-state index contributed by atoms with van der Waals surface area (Å²) in [6.45, 7) is 6.75. The number of hydrogen-bond donors (Lipinski definition) is 1. The topological polar surface area (TPSA) is 64.0 Å². The zero-order valence-electron chi connectivity index (χ0n) is 16.7. The van der Waals surface area contributed by atoms with Crippen LogP contribution in [0.3, 0.4) is 0 Å². The van der Waals surface area contributed by atoms with E-state index in [0.29, 0.717) is 24.6 Å². The highest BCUT2D eigenvalue weighted by Crippen LogP contribution is 2.21. The SMILES string of the molecule is Cc1ccc(C(=O)CCC(=O)NCCc2nc3ccccc3n2C(C)C)cc1. The van der Waals surface area contributed by atoms with Crippen LogP contribution < -0.4 is 5.32 Å². The highest BCUT2D eigenvalue weighted by atomic mass is 16.2. The number of carbonyl (C=O) groups excluding carboxylic acids is 2. The fraction of sp³-hybridized carbons (Fsp3) is 0.348. The number of ketones is 1. The Morgan fingerprint density at radius 3 is 2.46 bits per heavy atom. The van der Waals surface area contributed by atoms with Crippen LogP contribution in [0.2, 0.25) is 0 Å². The van der Waals surface area contributed by atoms with E-state index in [4.69, 9.17) is 4.98 Å². The van der Waals surface area contributed by atoms with Crippen molar-refractivity contribution in [3.8, 4) is 0 Å². The van der Waals surface area contributed by atoms with Gasteiger partial charge in [0, 0.05) is 37.4 Å². The fourth-order valence-corrected chi connectivity index (χ4v) is 3.36. The quantitative estimate of drug-likeness (QED) is 0.597. The maximum absolute atomic E-state index is 12.2. The van der Waals surface area contributed by atoms with Crippen molar-refractivity contribution in [3.05, 3.63) is 65.5 Å². The Balaban J connectivity index is 1.52. The number of amides is 1. The molecular formula is C23H27N3O2. The molecule has 3 rings (SSSR count). The number of benzene rings is 2. The Kier molecular flexibility index (Phi) is 6.24. The van der Waals surface area contributed by atoms with Crippen molar-refractivity contribution >= 4 is 22.7 Å². The van der Waals surface area contributed by atoms with E-state index in [1.165, 1.54) is 0 Å². The second-order valence-corrected chi connectivity index (χ2v) is 7.37. The minimum absolute atomic E-state index is 0.00301. The van der Waals surface area contributed by atoms with Gasteiger partial charge in [-0.05, 0) is 32.9 Å². The summed E-state index contributed by atoms with van der Waals surface area (Å²) >= 11 is 0. The summed E-state index contributed by atoms with van der Waals surface area (Å²) in [5.74, 6) is 0.858. The molecule has 1 N–H and O–H groups in total. The van der Waals surface area contributed by atoms with Crippen LogP contribution in [-0.2, 0) is 11.2 Å². The number of rotatable bonds is 8. The maximum atomic E-state index is 12.2. The van der Waals surface area contributed by atoms with Crippen LogP contribution in [0.4, 0.5) is 0 Å². The third-order valence-corrected chi connectivity index (χ3v) is 4.81. The van der Waals surface area contributed by atoms with Gasteiger partial charge in [-0.3, -0.25) is 9.59 Å². The Morgan fingerprint density at radius 2 is 1.75 bits per heavy atom. The van der Waals surface area contributed by atoms with E-state index in [1.807, 2.05) is 49.4 Å². The summed E-state index contributed by atoms with van der Waals surface area (Å²) in [6, 6.07) is 15.8. The monoisotopic (exact) mass is 377 g/mol. The lowest BCUT2D eigenvalue weighted by atomic mass is 10.1. The number of carbonyl (C=O) groups is 2. The lowest BCUT2D eigenvalue weighted by Gasteiger charge is -2.13. The highest BCUT2D eigenvalue weighted by molar-refractivity contribution is 5.97. The molecule has 5 nitrogen and oxygen atoms in total. The van der Waals surface area contributed by atoms with E-state index in [-0.39, 0.29) is 24.5 Å². The van der Waals surface area contributed by atoms with Crippen molar-refractivity contribution in [1.82, 2.24) is 14.9 Å². The second-order valence-electron chi connectivity index (χ2n) is 7.37. The molecule has 1 aromatic heterocycles. The third-order valence-electron chi connectivity index (χ3n) is 4.81. The van der Waals surface area contributed by atoms with Crippen molar-refractivity contribution in [2.45, 2.75) is 46.1 Å². The summed E-state index contributed by atoms with van der Waals surface area (Å²) in [7, 11) is 0. The van der Waals surface area contributed by atoms with Gasteiger partial charge in [0.2, 0.25) is 5.91 Å². The molecule has 3 aromatic rings. The van der Waals surface area contributed by atoms with E-state index in [2.05, 4.69) is 29.8 Å². The Labute approximate surface area is 165 Å². The number of Topliss-reactive ketones (excluding diaryl/α,β-unsaturated/α-hetero) is 1. The predicted molar refractivity (Wildman–Crippen MR) is 112 cm³/mol. The minimum atomic E-state index is -0.104. The lowest BCUT2D eigenvalue weighted by molar-refractivity contribution is -0.121. The summed E-state index contributed by atoms with van der Waals surface area (Å²) in [5, 5.41) is 2.91. The highest BCUT2D eigenvalue weighted by Gasteiger charge is 2.13. The average molecular weight is 377 g/mol. The molecule has 1 heterocycles. The van der Waals surface area contributed by atoms with Crippen LogP contribution in [0.25, 0.3) is 11.0 Å². The van der Waals surface area contributed by atoms with E-state index in [9.17, 15) is 9.59 Å². The maximum Gasteiger partial charge on any atom is 0.220 e. The smallest absolute Gasteiger partial charge is 0.220 e. The normalized spacial score (nSPS) is 11.1. The number of fused-ring (bicyclic) bond motifs is 1. The Hall–Kier alpha value is -2.95. The molecule has 0 spiro atoms. The zero-order chi connectivity index (χ0) is 20.1. The van der Waals surface area contributed by atoms with E-state index in [0.717, 1.165) is 22.4 Å². The first-order valence-corrected chi connectivity index (χ1v) is 9.78. The third kappa shape index (κ3) is 4.66. The molecular weight excluding hydrogens is 350 g/mol. The molecule has 2 aromatic carbocycles. The molecule has 1 amide bonds. The van der Waals surface area contributed by atoms with E-state index < -0.39 is 0 Å². The molecule has 0 aliphatic carbocycles. The number of aromatic nitrogens is 2. The van der Waals surface area contributed by atoms with Crippen molar-refractivity contribution in [3.63, 3.8) is 0 Å². The van der Waals surface area contributed by atoms with Crippen LogP contribution in [0.5, 0.6) is 0 Å². The number of para-hydroxylation sites is 2. The van der Waals surface area contributed by atoms with Crippen molar-refractivity contribution in [2.24, 2.45) is 0 Å². The Bertz CT molecular complexity index is 971. The van der Waals surface area contributed by atoms with Crippen LogP contribution in [0, 0.1) is 6.92 Å². The molecule has 0 saturated heterocycles. The summed E-state index contributed by atoms with van der Waals surface area (Å²) < 4.78 is 2.21. The van der Waals surface area contributed by atoms with E-state index in [1.54, 1.807) is 0 Å². The molecule has 146 valence electrons. The molecule has 0 aliphatic heterocycles. The van der Waals surface area contributed by atoms with Crippen LogP contribution in [-0.4, -0.2) is 27.8 Å². The van der Waals surface area contributed by atoms with Gasteiger partial charge in [-0.15, -0.1) is 0 Å². The summed E-state index contributed by atoms with van der Waals surface area (Å²) in [5.41, 5.74) is 3.86. The molecule has 0 radical (unpaired) electrons. The molecule has 0 aliphatic rings. The predicted octanol–water partition coefficient (Wildman–Crippen LogP) is 4.25. The van der Waals surface area contributed by atoms with Crippen LogP contribution in [0.15, 0.2) is 48.5 Å². The van der Waals surface area contributed by atoms with Gasteiger partial charge in [-0.25, -0.2) is 4.98 Å². The fourth-order valence-electron chi connectivity index (χ4n) is 3.36. The van der Waals surface area contributed by atoms with Gasteiger partial charge in [-0.2, -0.15) is 0 Å². The van der Waals surface area contributed by atoms with Crippen molar-refractivity contribution in [1.29, 1.82) is 0 Å². The van der Waals surface area contributed by atoms with Gasteiger partial charge in [-0.1, -0.05) is 42.0 Å². The largest absolute Gasteiger partial charge is 0.356 e. The van der Waals surface area contributed by atoms with Gasteiger partial charge in [0.1, 0.15) is 5.82 Å². The minimum Gasteiger partial charge on any atom is -0.356 e. The molecule has 0 atom stereocenters. The van der Waals surface area contributed by atoms with Crippen molar-refractivity contribution in [2.75, 3.05) is 6.54 Å². The molecule has 5 heteroatoms. The lowest BCUT2D eigenvalue weighted by Crippen LogP contribution is -2.27. The molecule has 0 bridgehead atoms. The first-order valence-electron chi connectivity index (χ1n) is 9.78. The molecule has 0 fully saturated rings. The second kappa shape index (κ2) is 8.83. The van der Waals surface area contributed by atoms with Gasteiger partial charge in [0.15, 0.2) is 5.78 Å². The summed E-state index contributed by atoms with van der Waals surface area (Å²) in [4.78, 5) is 29.0.